The van der Waals surface area contributed by atoms with Crippen LogP contribution in [0.3, 0.4) is 0 Å². The van der Waals surface area contributed by atoms with Gasteiger partial charge in [0.15, 0.2) is 0 Å². The molecule has 0 aliphatic rings. The van der Waals surface area contributed by atoms with Crippen molar-refractivity contribution in [3.05, 3.63) is 45.6 Å². The van der Waals surface area contributed by atoms with E-state index in [1.807, 2.05) is 16.8 Å². The fourth-order valence-electron chi connectivity index (χ4n) is 1.70. The van der Waals surface area contributed by atoms with E-state index < -0.39 is 0 Å². The van der Waals surface area contributed by atoms with Gasteiger partial charge < -0.3 is 4.74 Å². The first-order valence-corrected chi connectivity index (χ1v) is 6.30. The standard InChI is InChI=1S/C14H14O2S/c1-9-4-5-11(6-10(9)2)12-7-17-8-13(12)14(15)16-3/h4-8H,1-3H3. The number of methoxy groups -OCH3 is 1. The van der Waals surface area contributed by atoms with Gasteiger partial charge in [-0.25, -0.2) is 4.79 Å². The van der Waals surface area contributed by atoms with Gasteiger partial charge in [0.05, 0.1) is 12.7 Å². The number of rotatable bonds is 2. The quantitative estimate of drug-likeness (QED) is 0.753. The molecule has 3 heteroatoms. The van der Waals surface area contributed by atoms with Crippen LogP contribution in [0.2, 0.25) is 0 Å². The third-order valence-electron chi connectivity index (χ3n) is 2.89. The molecule has 2 rings (SSSR count). The smallest absolute Gasteiger partial charge is 0.339 e. The van der Waals surface area contributed by atoms with Gasteiger partial charge in [0, 0.05) is 10.9 Å². The predicted molar refractivity (Wildman–Crippen MR) is 70.6 cm³/mol. The highest BCUT2D eigenvalue weighted by molar-refractivity contribution is 7.08. The number of carbonyl (C=O) groups is 1. The van der Waals surface area contributed by atoms with Crippen molar-refractivity contribution in [2.24, 2.45) is 0 Å². The molecular formula is C14H14O2S. The third-order valence-corrected chi connectivity index (χ3v) is 3.63. The number of esters is 1. The number of ether oxygens (including phenoxy) is 1. The first-order valence-electron chi connectivity index (χ1n) is 5.35. The van der Waals surface area contributed by atoms with Crippen molar-refractivity contribution in [3.8, 4) is 11.1 Å². The molecule has 0 saturated heterocycles. The predicted octanol–water partition coefficient (Wildman–Crippen LogP) is 3.82. The van der Waals surface area contributed by atoms with E-state index in [4.69, 9.17) is 4.74 Å². The molecule has 88 valence electrons. The maximum atomic E-state index is 11.6. The Morgan fingerprint density at radius 1 is 1.18 bits per heavy atom. The van der Waals surface area contributed by atoms with Crippen molar-refractivity contribution in [2.75, 3.05) is 7.11 Å². The molecule has 2 aromatic rings. The zero-order valence-corrected chi connectivity index (χ0v) is 10.9. The van der Waals surface area contributed by atoms with Gasteiger partial charge in [-0.05, 0) is 35.9 Å². The van der Waals surface area contributed by atoms with Crippen LogP contribution in [0.5, 0.6) is 0 Å². The summed E-state index contributed by atoms with van der Waals surface area (Å²) in [6.07, 6.45) is 0. The monoisotopic (exact) mass is 246 g/mol. The van der Waals surface area contributed by atoms with Crippen molar-refractivity contribution in [2.45, 2.75) is 13.8 Å². The molecule has 17 heavy (non-hydrogen) atoms. The summed E-state index contributed by atoms with van der Waals surface area (Å²) in [6, 6.07) is 6.21. The summed E-state index contributed by atoms with van der Waals surface area (Å²) in [5.41, 5.74) is 5.13. The zero-order chi connectivity index (χ0) is 12.4. The molecule has 1 aromatic heterocycles. The lowest BCUT2D eigenvalue weighted by atomic mass is 10.00. The van der Waals surface area contributed by atoms with Crippen molar-refractivity contribution in [1.29, 1.82) is 0 Å². The zero-order valence-electron chi connectivity index (χ0n) is 10.1. The van der Waals surface area contributed by atoms with Crippen LogP contribution in [-0.4, -0.2) is 13.1 Å². The Labute approximate surface area is 105 Å². The molecule has 0 N–H and O–H groups in total. The second-order valence-electron chi connectivity index (χ2n) is 3.99. The van der Waals surface area contributed by atoms with Crippen LogP contribution in [0, 0.1) is 13.8 Å². The Bertz CT molecular complexity index is 555. The summed E-state index contributed by atoms with van der Waals surface area (Å²) in [4.78, 5) is 11.6. The first kappa shape index (κ1) is 11.9. The Morgan fingerprint density at radius 2 is 1.94 bits per heavy atom. The summed E-state index contributed by atoms with van der Waals surface area (Å²) >= 11 is 1.51. The number of hydrogen-bond donors (Lipinski definition) is 0. The van der Waals surface area contributed by atoms with Gasteiger partial charge in [0.1, 0.15) is 0 Å². The SMILES string of the molecule is COC(=O)c1cscc1-c1ccc(C)c(C)c1. The number of benzene rings is 1. The maximum absolute atomic E-state index is 11.6. The summed E-state index contributed by atoms with van der Waals surface area (Å²) < 4.78 is 4.78. The fourth-order valence-corrected chi connectivity index (χ4v) is 2.52. The molecule has 2 nitrogen and oxygen atoms in total. The van der Waals surface area contributed by atoms with E-state index >= 15 is 0 Å². The summed E-state index contributed by atoms with van der Waals surface area (Å²) in [6.45, 7) is 4.15. The van der Waals surface area contributed by atoms with Gasteiger partial charge in [-0.2, -0.15) is 11.3 Å². The van der Waals surface area contributed by atoms with Gasteiger partial charge >= 0.3 is 5.97 Å². The molecule has 0 atom stereocenters. The van der Waals surface area contributed by atoms with E-state index in [2.05, 4.69) is 26.0 Å². The van der Waals surface area contributed by atoms with Gasteiger partial charge in [0.2, 0.25) is 0 Å². The molecule has 0 bridgehead atoms. The number of carbonyl (C=O) groups excluding carboxylic acids is 1. The second kappa shape index (κ2) is 4.72. The molecule has 0 aliphatic heterocycles. The Hall–Kier alpha value is -1.61. The molecule has 0 aliphatic carbocycles. The summed E-state index contributed by atoms with van der Waals surface area (Å²) in [5, 5.41) is 3.81. The van der Waals surface area contributed by atoms with Crippen LogP contribution in [0.25, 0.3) is 11.1 Å². The van der Waals surface area contributed by atoms with Crippen molar-refractivity contribution in [3.63, 3.8) is 0 Å². The highest BCUT2D eigenvalue weighted by atomic mass is 32.1. The molecule has 1 aromatic carbocycles. The van der Waals surface area contributed by atoms with Crippen LogP contribution in [0.4, 0.5) is 0 Å². The second-order valence-corrected chi connectivity index (χ2v) is 4.73. The molecule has 0 unspecified atom stereocenters. The van der Waals surface area contributed by atoms with Gasteiger partial charge in [-0.15, -0.1) is 0 Å². The Balaban J connectivity index is 2.50. The maximum Gasteiger partial charge on any atom is 0.339 e. The van der Waals surface area contributed by atoms with E-state index in [1.165, 1.54) is 29.6 Å². The molecule has 0 spiro atoms. The van der Waals surface area contributed by atoms with Crippen molar-refractivity contribution < 1.29 is 9.53 Å². The molecule has 0 fully saturated rings. The lowest BCUT2D eigenvalue weighted by Gasteiger charge is -2.06. The van der Waals surface area contributed by atoms with E-state index in [1.54, 1.807) is 0 Å². The van der Waals surface area contributed by atoms with E-state index in [9.17, 15) is 4.79 Å². The third kappa shape index (κ3) is 2.24. The normalized spacial score (nSPS) is 10.3. The lowest BCUT2D eigenvalue weighted by molar-refractivity contribution is 0.0602. The van der Waals surface area contributed by atoms with Crippen LogP contribution in [-0.2, 0) is 4.74 Å². The van der Waals surface area contributed by atoms with Gasteiger partial charge in [0.25, 0.3) is 0 Å². The number of thiophene rings is 1. The topological polar surface area (TPSA) is 26.3 Å². The minimum atomic E-state index is -0.278. The number of hydrogen-bond acceptors (Lipinski definition) is 3. The van der Waals surface area contributed by atoms with Crippen LogP contribution < -0.4 is 0 Å². The molecular weight excluding hydrogens is 232 g/mol. The van der Waals surface area contributed by atoms with Crippen LogP contribution in [0.1, 0.15) is 21.5 Å². The van der Waals surface area contributed by atoms with E-state index in [0.717, 1.165) is 11.1 Å². The highest BCUT2D eigenvalue weighted by Crippen LogP contribution is 2.29. The number of aryl methyl sites for hydroxylation is 2. The molecule has 0 amide bonds. The summed E-state index contributed by atoms with van der Waals surface area (Å²) in [5.74, 6) is -0.278. The first-order chi connectivity index (χ1) is 8.13. The molecule has 0 saturated carbocycles. The largest absolute Gasteiger partial charge is 0.465 e. The lowest BCUT2D eigenvalue weighted by Crippen LogP contribution is -2.01. The average Bonchev–Trinajstić information content (AvgIpc) is 2.80. The Morgan fingerprint density at radius 3 is 2.59 bits per heavy atom. The van der Waals surface area contributed by atoms with E-state index in [0.29, 0.717) is 5.56 Å². The fraction of sp³-hybridized carbons (Fsp3) is 0.214. The van der Waals surface area contributed by atoms with Crippen molar-refractivity contribution >= 4 is 17.3 Å². The van der Waals surface area contributed by atoms with Gasteiger partial charge in [-0.3, -0.25) is 0 Å². The minimum Gasteiger partial charge on any atom is -0.465 e. The van der Waals surface area contributed by atoms with Crippen molar-refractivity contribution in [1.82, 2.24) is 0 Å². The van der Waals surface area contributed by atoms with Crippen LogP contribution in [0.15, 0.2) is 29.0 Å². The van der Waals surface area contributed by atoms with Gasteiger partial charge in [-0.1, -0.05) is 18.2 Å². The average molecular weight is 246 g/mol. The van der Waals surface area contributed by atoms with Crippen LogP contribution >= 0.6 is 11.3 Å². The molecule has 1 heterocycles. The summed E-state index contributed by atoms with van der Waals surface area (Å²) in [7, 11) is 1.41. The van der Waals surface area contributed by atoms with E-state index in [-0.39, 0.29) is 5.97 Å². The Kier molecular flexibility index (Phi) is 3.29. The molecule has 0 radical (unpaired) electrons. The minimum absolute atomic E-state index is 0.278. The highest BCUT2D eigenvalue weighted by Gasteiger charge is 2.14.